The van der Waals surface area contributed by atoms with Gasteiger partial charge in [0.15, 0.2) is 11.0 Å². The maximum Gasteiger partial charge on any atom is 0.318 e. The lowest BCUT2D eigenvalue weighted by Gasteiger charge is -2.11. The smallest absolute Gasteiger partial charge is 0.318 e. The van der Waals surface area contributed by atoms with Crippen LogP contribution in [-0.4, -0.2) is 32.0 Å². The van der Waals surface area contributed by atoms with Crippen LogP contribution in [0.2, 0.25) is 5.02 Å². The number of benzene rings is 1. The average Bonchev–Trinajstić information content (AvgIpc) is 2.89. The second-order valence-electron chi connectivity index (χ2n) is 4.67. The maximum absolute atomic E-state index is 11.8. The van der Waals surface area contributed by atoms with Crippen molar-refractivity contribution >= 4 is 35.3 Å². The summed E-state index contributed by atoms with van der Waals surface area (Å²) in [6.07, 6.45) is 0. The van der Waals surface area contributed by atoms with Gasteiger partial charge in [-0.3, -0.25) is 10.1 Å². The lowest BCUT2D eigenvalue weighted by Crippen LogP contribution is -2.39. The van der Waals surface area contributed by atoms with Crippen molar-refractivity contribution in [3.8, 4) is 11.4 Å². The van der Waals surface area contributed by atoms with E-state index in [0.29, 0.717) is 22.5 Å². The van der Waals surface area contributed by atoms with Crippen molar-refractivity contribution in [3.63, 3.8) is 0 Å². The van der Waals surface area contributed by atoms with Gasteiger partial charge in [0, 0.05) is 17.1 Å². The summed E-state index contributed by atoms with van der Waals surface area (Å²) in [6, 6.07) is 6.43. The Balaban J connectivity index is 2.24. The van der Waals surface area contributed by atoms with Gasteiger partial charge in [0.05, 0.1) is 5.25 Å². The van der Waals surface area contributed by atoms with Gasteiger partial charge in [-0.1, -0.05) is 35.5 Å². The number of carbonyl (C=O) groups excluding carboxylic acids is 2. The van der Waals surface area contributed by atoms with Crippen LogP contribution in [0, 0.1) is 0 Å². The molecule has 0 aliphatic rings. The minimum Gasteiger partial charge on any atom is -0.351 e. The Kier molecular flexibility index (Phi) is 5.62. The van der Waals surface area contributed by atoms with Crippen LogP contribution < -0.4 is 11.1 Å². The molecule has 3 amide bonds. The first-order valence-corrected chi connectivity index (χ1v) is 8.14. The van der Waals surface area contributed by atoms with E-state index >= 15 is 0 Å². The first-order valence-electron chi connectivity index (χ1n) is 6.88. The summed E-state index contributed by atoms with van der Waals surface area (Å²) in [6.45, 7) is 4.24. The van der Waals surface area contributed by atoms with Crippen molar-refractivity contribution in [2.24, 2.45) is 5.73 Å². The van der Waals surface area contributed by atoms with E-state index in [4.69, 9.17) is 17.3 Å². The highest BCUT2D eigenvalue weighted by atomic mass is 35.5. The number of amides is 3. The van der Waals surface area contributed by atoms with E-state index in [0.717, 1.165) is 5.56 Å². The molecular formula is C14H16ClN5O2S. The van der Waals surface area contributed by atoms with Gasteiger partial charge in [-0.25, -0.2) is 4.79 Å². The van der Waals surface area contributed by atoms with Gasteiger partial charge in [0.25, 0.3) is 0 Å². The Morgan fingerprint density at radius 2 is 2.17 bits per heavy atom. The Morgan fingerprint density at radius 1 is 1.43 bits per heavy atom. The second-order valence-corrected chi connectivity index (χ2v) is 6.42. The molecular weight excluding hydrogens is 338 g/mol. The minimum atomic E-state index is -0.876. The van der Waals surface area contributed by atoms with Gasteiger partial charge in [-0.05, 0) is 26.0 Å². The number of thioether (sulfide) groups is 1. The molecule has 3 N–H and O–H groups in total. The van der Waals surface area contributed by atoms with Gasteiger partial charge >= 0.3 is 6.03 Å². The van der Waals surface area contributed by atoms with E-state index in [1.54, 1.807) is 19.1 Å². The first-order chi connectivity index (χ1) is 10.9. The summed E-state index contributed by atoms with van der Waals surface area (Å²) in [7, 11) is 0. The van der Waals surface area contributed by atoms with Crippen molar-refractivity contribution in [2.45, 2.75) is 30.8 Å². The maximum atomic E-state index is 11.8. The summed E-state index contributed by atoms with van der Waals surface area (Å²) < 4.78 is 1.88. The zero-order valence-electron chi connectivity index (χ0n) is 12.6. The molecule has 0 bridgehead atoms. The van der Waals surface area contributed by atoms with Crippen molar-refractivity contribution in [3.05, 3.63) is 29.3 Å². The molecule has 9 heteroatoms. The molecule has 0 unspecified atom stereocenters. The number of nitrogens with two attached hydrogens (primary N) is 1. The third kappa shape index (κ3) is 4.23. The predicted molar refractivity (Wildman–Crippen MR) is 89.2 cm³/mol. The number of urea groups is 1. The van der Waals surface area contributed by atoms with Gasteiger partial charge in [-0.15, -0.1) is 10.2 Å². The monoisotopic (exact) mass is 353 g/mol. The second kappa shape index (κ2) is 7.47. The van der Waals surface area contributed by atoms with E-state index in [1.807, 2.05) is 23.6 Å². The number of halogens is 1. The topological polar surface area (TPSA) is 103 Å². The average molecular weight is 354 g/mol. The van der Waals surface area contributed by atoms with Gasteiger partial charge in [0.2, 0.25) is 5.91 Å². The van der Waals surface area contributed by atoms with E-state index in [1.165, 1.54) is 11.8 Å². The number of imide groups is 1. The quantitative estimate of drug-likeness (QED) is 0.803. The molecule has 1 aromatic heterocycles. The predicted octanol–water partition coefficient (Wildman–Crippen LogP) is 2.29. The van der Waals surface area contributed by atoms with Gasteiger partial charge in [-0.2, -0.15) is 0 Å². The van der Waals surface area contributed by atoms with Crippen LogP contribution in [-0.2, 0) is 11.3 Å². The number of hydrogen-bond donors (Lipinski definition) is 2. The lowest BCUT2D eigenvalue weighted by atomic mass is 10.2. The highest BCUT2D eigenvalue weighted by Gasteiger charge is 2.21. The fourth-order valence-corrected chi connectivity index (χ4v) is 3.04. The van der Waals surface area contributed by atoms with Crippen molar-refractivity contribution < 1.29 is 9.59 Å². The van der Waals surface area contributed by atoms with Crippen LogP contribution >= 0.6 is 23.4 Å². The molecule has 0 saturated carbocycles. The Morgan fingerprint density at radius 3 is 2.78 bits per heavy atom. The molecule has 1 aromatic carbocycles. The molecule has 0 aliphatic carbocycles. The molecule has 122 valence electrons. The molecule has 23 heavy (non-hydrogen) atoms. The zero-order chi connectivity index (χ0) is 17.0. The number of primary amides is 1. The highest BCUT2D eigenvalue weighted by molar-refractivity contribution is 8.00. The van der Waals surface area contributed by atoms with E-state index in [-0.39, 0.29) is 0 Å². The summed E-state index contributed by atoms with van der Waals surface area (Å²) in [5, 5.41) is 11.0. The molecule has 0 spiro atoms. The molecule has 0 aliphatic heterocycles. The van der Waals surface area contributed by atoms with Gasteiger partial charge < -0.3 is 10.3 Å². The number of aromatic nitrogens is 3. The van der Waals surface area contributed by atoms with Crippen LogP contribution in [0.1, 0.15) is 13.8 Å². The van der Waals surface area contributed by atoms with Crippen LogP contribution in [0.15, 0.2) is 29.4 Å². The van der Waals surface area contributed by atoms with Crippen LogP contribution in [0.25, 0.3) is 11.4 Å². The van der Waals surface area contributed by atoms with Gasteiger partial charge in [0.1, 0.15) is 0 Å². The van der Waals surface area contributed by atoms with Crippen molar-refractivity contribution in [1.82, 2.24) is 20.1 Å². The fourth-order valence-electron chi connectivity index (χ4n) is 1.94. The fraction of sp³-hybridized carbons (Fsp3) is 0.286. The Labute approximate surface area is 142 Å². The standard InChI is InChI=1S/C14H16ClN5O2S/c1-3-20-11(9-5-4-6-10(15)7-9)18-19-14(20)23-8(2)12(21)17-13(16)22/h4-8H,3H2,1-2H3,(H3,16,17,21,22)/t8-/m1/s1. The number of rotatable bonds is 5. The molecule has 7 nitrogen and oxygen atoms in total. The van der Waals surface area contributed by atoms with Crippen LogP contribution in [0.3, 0.4) is 0 Å². The van der Waals surface area contributed by atoms with E-state index < -0.39 is 17.2 Å². The number of carbonyl (C=O) groups is 2. The number of nitrogens with one attached hydrogen (secondary N) is 1. The highest BCUT2D eigenvalue weighted by Crippen LogP contribution is 2.27. The third-order valence-electron chi connectivity index (χ3n) is 3.01. The molecule has 0 radical (unpaired) electrons. The summed E-state index contributed by atoms with van der Waals surface area (Å²) in [5.74, 6) is 0.192. The van der Waals surface area contributed by atoms with Crippen LogP contribution in [0.4, 0.5) is 4.79 Å². The Hall–Kier alpha value is -2.06. The summed E-state index contributed by atoms with van der Waals surface area (Å²) >= 11 is 7.21. The SMILES string of the molecule is CCn1c(S[C@H](C)C(=O)NC(N)=O)nnc1-c1cccc(Cl)c1. The number of nitrogens with zero attached hydrogens (tertiary/aromatic N) is 3. The van der Waals surface area contributed by atoms with Crippen molar-refractivity contribution in [2.75, 3.05) is 0 Å². The molecule has 0 saturated heterocycles. The largest absolute Gasteiger partial charge is 0.351 e. The number of hydrogen-bond acceptors (Lipinski definition) is 5. The minimum absolute atomic E-state index is 0.475. The van der Waals surface area contributed by atoms with E-state index in [2.05, 4.69) is 15.5 Å². The molecule has 0 fully saturated rings. The first kappa shape index (κ1) is 17.3. The molecule has 1 heterocycles. The molecule has 2 aromatic rings. The van der Waals surface area contributed by atoms with Crippen molar-refractivity contribution in [1.29, 1.82) is 0 Å². The molecule has 1 atom stereocenters. The van der Waals surface area contributed by atoms with E-state index in [9.17, 15) is 9.59 Å². The summed E-state index contributed by atoms with van der Waals surface area (Å²) in [4.78, 5) is 22.5. The third-order valence-corrected chi connectivity index (χ3v) is 4.33. The van der Waals surface area contributed by atoms with Crippen LogP contribution in [0.5, 0.6) is 0 Å². The normalized spacial score (nSPS) is 12.0. The molecule has 2 rings (SSSR count). The summed E-state index contributed by atoms with van der Waals surface area (Å²) in [5.41, 5.74) is 5.79. The Bertz CT molecular complexity index is 734. The lowest BCUT2D eigenvalue weighted by molar-refractivity contribution is -0.119. The zero-order valence-corrected chi connectivity index (χ0v) is 14.2.